The maximum atomic E-state index is 13.1. The Morgan fingerprint density at radius 3 is 2.77 bits per heavy atom. The minimum atomic E-state index is -0.392. The number of ether oxygens (including phenoxy) is 2. The molecule has 0 saturated carbocycles. The van der Waals surface area contributed by atoms with Crippen molar-refractivity contribution in [2.75, 3.05) is 18.3 Å². The predicted octanol–water partition coefficient (Wildman–Crippen LogP) is 2.38. The van der Waals surface area contributed by atoms with E-state index < -0.39 is 5.82 Å². The second-order valence-electron chi connectivity index (χ2n) is 5.29. The number of halogens is 2. The molecule has 26 heavy (non-hydrogen) atoms. The number of rotatable bonds is 7. The van der Waals surface area contributed by atoms with E-state index in [9.17, 15) is 4.39 Å². The first-order valence-corrected chi connectivity index (χ1v) is 7.96. The van der Waals surface area contributed by atoms with Crippen molar-refractivity contribution in [3.05, 3.63) is 58.4 Å². The van der Waals surface area contributed by atoms with Crippen molar-refractivity contribution in [1.29, 1.82) is 0 Å². The third-order valence-corrected chi connectivity index (χ3v) is 3.90. The van der Waals surface area contributed by atoms with E-state index in [4.69, 9.17) is 26.8 Å². The minimum absolute atomic E-state index is 0.160. The molecule has 2 aromatic carbocycles. The molecule has 0 spiro atoms. The molecule has 136 valence electrons. The summed E-state index contributed by atoms with van der Waals surface area (Å²) in [6.45, 7) is 0.615. The summed E-state index contributed by atoms with van der Waals surface area (Å²) in [5.41, 5.74) is 10.1. The van der Waals surface area contributed by atoms with Crippen molar-refractivity contribution in [2.45, 2.75) is 13.2 Å². The van der Waals surface area contributed by atoms with Crippen LogP contribution in [0.25, 0.3) is 0 Å². The van der Waals surface area contributed by atoms with Crippen molar-refractivity contribution in [1.82, 2.24) is 20.3 Å². The van der Waals surface area contributed by atoms with Crippen LogP contribution in [0.2, 0.25) is 5.02 Å². The first kappa shape index (κ1) is 17.7. The van der Waals surface area contributed by atoms with Crippen molar-refractivity contribution >= 4 is 17.5 Å². The van der Waals surface area contributed by atoms with Crippen LogP contribution in [-0.4, -0.2) is 27.4 Å². The third kappa shape index (κ3) is 4.12. The summed E-state index contributed by atoms with van der Waals surface area (Å²) in [4.78, 5) is 1.27. The van der Waals surface area contributed by atoms with Gasteiger partial charge in [-0.2, -0.15) is 0 Å². The lowest BCUT2D eigenvalue weighted by Crippen LogP contribution is -2.18. The van der Waals surface area contributed by atoms with Gasteiger partial charge in [-0.3, -0.25) is 0 Å². The van der Waals surface area contributed by atoms with E-state index in [1.165, 1.54) is 16.9 Å². The fourth-order valence-corrected chi connectivity index (χ4v) is 2.43. The van der Waals surface area contributed by atoms with Crippen LogP contribution in [0.5, 0.6) is 11.5 Å². The molecule has 0 fully saturated rings. The molecule has 0 radical (unpaired) electrons. The largest absolute Gasteiger partial charge is 0.493 e. The number of methoxy groups -OCH3 is 1. The highest BCUT2D eigenvalue weighted by Gasteiger charge is 2.09. The molecule has 0 aliphatic rings. The SMILES string of the molecule is COc1cc(CNn2nnnc2N)ccc1OCc1ccc(F)cc1Cl. The average molecular weight is 379 g/mol. The highest BCUT2D eigenvalue weighted by atomic mass is 35.5. The summed E-state index contributed by atoms with van der Waals surface area (Å²) in [6, 6.07) is 9.61. The second-order valence-corrected chi connectivity index (χ2v) is 5.70. The van der Waals surface area contributed by atoms with Gasteiger partial charge in [-0.05, 0) is 40.3 Å². The van der Waals surface area contributed by atoms with Gasteiger partial charge in [-0.25, -0.2) is 4.39 Å². The molecule has 0 aliphatic carbocycles. The number of nitrogens with two attached hydrogens (primary N) is 1. The average Bonchev–Trinajstić information content (AvgIpc) is 3.04. The smallest absolute Gasteiger partial charge is 0.260 e. The Morgan fingerprint density at radius 2 is 2.08 bits per heavy atom. The standard InChI is InChI=1S/C16H16ClFN6O2/c1-25-15-6-10(8-20-24-16(19)21-22-23-24)2-5-14(15)26-9-11-3-4-12(18)7-13(11)17/h2-7,20H,8-9H2,1H3,(H2,19,21,23). The summed E-state index contributed by atoms with van der Waals surface area (Å²) < 4.78 is 24.2. The number of hydrogen-bond donors (Lipinski definition) is 2. The quantitative estimate of drug-likeness (QED) is 0.651. The molecule has 10 heteroatoms. The number of nitrogens with zero attached hydrogens (tertiary/aromatic N) is 4. The molecule has 3 N–H and O–H groups in total. The normalized spacial score (nSPS) is 10.6. The summed E-state index contributed by atoms with van der Waals surface area (Å²) in [7, 11) is 1.55. The molecule has 0 bridgehead atoms. The van der Waals surface area contributed by atoms with E-state index in [-0.39, 0.29) is 12.6 Å². The predicted molar refractivity (Wildman–Crippen MR) is 94.0 cm³/mol. The Bertz CT molecular complexity index is 904. The Labute approximate surface area is 153 Å². The highest BCUT2D eigenvalue weighted by Crippen LogP contribution is 2.29. The lowest BCUT2D eigenvalue weighted by atomic mass is 10.2. The molecule has 8 nitrogen and oxygen atoms in total. The fourth-order valence-electron chi connectivity index (χ4n) is 2.21. The van der Waals surface area contributed by atoms with Crippen molar-refractivity contribution in [3.63, 3.8) is 0 Å². The maximum Gasteiger partial charge on any atom is 0.260 e. The number of benzene rings is 2. The highest BCUT2D eigenvalue weighted by molar-refractivity contribution is 6.31. The molecule has 1 aromatic heterocycles. The van der Waals surface area contributed by atoms with Crippen LogP contribution in [0.1, 0.15) is 11.1 Å². The van der Waals surface area contributed by atoms with Gasteiger partial charge < -0.3 is 20.6 Å². The molecule has 0 amide bonds. The first-order chi connectivity index (χ1) is 12.6. The van der Waals surface area contributed by atoms with E-state index >= 15 is 0 Å². The van der Waals surface area contributed by atoms with Gasteiger partial charge in [0.05, 0.1) is 18.7 Å². The number of tetrazole rings is 1. The maximum absolute atomic E-state index is 13.1. The molecular weight excluding hydrogens is 363 g/mol. The molecule has 0 atom stereocenters. The Morgan fingerprint density at radius 1 is 1.23 bits per heavy atom. The van der Waals surface area contributed by atoms with Crippen LogP contribution in [0.4, 0.5) is 10.3 Å². The van der Waals surface area contributed by atoms with E-state index in [2.05, 4.69) is 21.0 Å². The molecule has 0 unspecified atom stereocenters. The Balaban J connectivity index is 1.67. The molecule has 3 rings (SSSR count). The number of nitrogens with one attached hydrogen (secondary N) is 1. The Kier molecular flexibility index (Phi) is 5.37. The van der Waals surface area contributed by atoms with Gasteiger partial charge in [0.2, 0.25) is 0 Å². The van der Waals surface area contributed by atoms with E-state index in [0.29, 0.717) is 28.6 Å². The second kappa shape index (κ2) is 7.87. The first-order valence-electron chi connectivity index (χ1n) is 7.58. The number of aromatic nitrogens is 4. The Hall–Kier alpha value is -3.07. The molecule has 0 aliphatic heterocycles. The van der Waals surface area contributed by atoms with Crippen molar-refractivity contribution < 1.29 is 13.9 Å². The molecule has 1 heterocycles. The van der Waals surface area contributed by atoms with Gasteiger partial charge in [-0.1, -0.05) is 28.8 Å². The van der Waals surface area contributed by atoms with E-state index in [1.807, 2.05) is 12.1 Å². The summed E-state index contributed by atoms with van der Waals surface area (Å²) in [6.07, 6.45) is 0. The van der Waals surface area contributed by atoms with E-state index in [0.717, 1.165) is 5.56 Å². The lowest BCUT2D eigenvalue weighted by Gasteiger charge is -2.13. The monoisotopic (exact) mass is 378 g/mol. The zero-order valence-corrected chi connectivity index (χ0v) is 14.6. The van der Waals surface area contributed by atoms with Gasteiger partial charge in [0, 0.05) is 5.56 Å². The lowest BCUT2D eigenvalue weighted by molar-refractivity contribution is 0.284. The summed E-state index contributed by atoms with van der Waals surface area (Å²) >= 11 is 6.01. The van der Waals surface area contributed by atoms with Crippen LogP contribution >= 0.6 is 11.6 Å². The molecule has 0 saturated heterocycles. The molecular formula is C16H16ClFN6O2. The van der Waals surface area contributed by atoms with Gasteiger partial charge in [-0.15, -0.1) is 4.79 Å². The number of nitrogen functional groups attached to an aromatic ring is 1. The fraction of sp³-hybridized carbons (Fsp3) is 0.188. The van der Waals surface area contributed by atoms with Gasteiger partial charge in [0.15, 0.2) is 11.5 Å². The molecule has 3 aromatic rings. The van der Waals surface area contributed by atoms with Crippen LogP contribution < -0.4 is 20.6 Å². The van der Waals surface area contributed by atoms with E-state index in [1.54, 1.807) is 19.2 Å². The van der Waals surface area contributed by atoms with Gasteiger partial charge >= 0.3 is 0 Å². The van der Waals surface area contributed by atoms with Gasteiger partial charge in [0.25, 0.3) is 5.95 Å². The zero-order chi connectivity index (χ0) is 18.5. The zero-order valence-electron chi connectivity index (χ0n) is 13.8. The third-order valence-electron chi connectivity index (χ3n) is 3.55. The van der Waals surface area contributed by atoms with Crippen LogP contribution in [0.3, 0.4) is 0 Å². The van der Waals surface area contributed by atoms with Gasteiger partial charge in [0.1, 0.15) is 12.4 Å². The number of anilines is 1. The minimum Gasteiger partial charge on any atom is -0.493 e. The summed E-state index contributed by atoms with van der Waals surface area (Å²) in [5.74, 6) is 0.857. The van der Waals surface area contributed by atoms with Crippen LogP contribution in [0.15, 0.2) is 36.4 Å². The number of hydrogen-bond acceptors (Lipinski definition) is 7. The van der Waals surface area contributed by atoms with Crippen LogP contribution in [-0.2, 0) is 13.2 Å². The van der Waals surface area contributed by atoms with Crippen LogP contribution in [0, 0.1) is 5.82 Å². The summed E-state index contributed by atoms with van der Waals surface area (Å²) in [5, 5.41) is 11.0. The van der Waals surface area contributed by atoms with Crippen molar-refractivity contribution in [3.8, 4) is 11.5 Å². The van der Waals surface area contributed by atoms with Crippen molar-refractivity contribution in [2.24, 2.45) is 0 Å². The topological polar surface area (TPSA) is 100 Å².